The highest BCUT2D eigenvalue weighted by Gasteiger charge is 2.34. The SMILES string of the molecule is Cc1ccc(-c2nn(CC(=O)NC(C)(C)c3cccc(C(F)(F)F)c3)c(=O)n2C2CC2)c(Cl)c1. The van der Waals surface area contributed by atoms with Crippen LogP contribution in [-0.4, -0.2) is 20.3 Å². The summed E-state index contributed by atoms with van der Waals surface area (Å²) in [6.07, 6.45) is -2.83. The van der Waals surface area contributed by atoms with E-state index in [1.165, 1.54) is 12.1 Å². The van der Waals surface area contributed by atoms with E-state index in [1.54, 1.807) is 30.5 Å². The van der Waals surface area contributed by atoms with Crippen LogP contribution in [0.2, 0.25) is 5.02 Å². The second kappa shape index (κ2) is 8.61. The number of hydrogen-bond acceptors (Lipinski definition) is 3. The van der Waals surface area contributed by atoms with Gasteiger partial charge in [-0.2, -0.15) is 13.2 Å². The minimum Gasteiger partial charge on any atom is -0.346 e. The fourth-order valence-corrected chi connectivity index (χ4v) is 4.17. The Kier molecular flexibility index (Phi) is 6.10. The van der Waals surface area contributed by atoms with Crippen molar-refractivity contribution >= 4 is 17.5 Å². The van der Waals surface area contributed by atoms with E-state index >= 15 is 0 Å². The van der Waals surface area contributed by atoms with Gasteiger partial charge in [0.15, 0.2) is 5.82 Å². The Morgan fingerprint density at radius 3 is 2.44 bits per heavy atom. The minimum absolute atomic E-state index is 0.00164. The van der Waals surface area contributed by atoms with Crippen molar-refractivity contribution in [1.29, 1.82) is 0 Å². The molecule has 1 aromatic heterocycles. The van der Waals surface area contributed by atoms with Crippen molar-refractivity contribution in [2.45, 2.75) is 57.9 Å². The molecule has 1 fully saturated rings. The Bertz CT molecular complexity index is 1310. The van der Waals surface area contributed by atoms with Gasteiger partial charge in [-0.15, -0.1) is 5.10 Å². The molecule has 4 rings (SSSR count). The number of alkyl halides is 3. The number of rotatable bonds is 6. The minimum atomic E-state index is -4.49. The van der Waals surface area contributed by atoms with Gasteiger partial charge in [0.25, 0.3) is 0 Å². The number of halogens is 4. The van der Waals surface area contributed by atoms with Gasteiger partial charge in [0.2, 0.25) is 5.91 Å². The van der Waals surface area contributed by atoms with Crippen LogP contribution in [0.15, 0.2) is 47.3 Å². The summed E-state index contributed by atoms with van der Waals surface area (Å²) in [6.45, 7) is 4.73. The third-order valence-electron chi connectivity index (χ3n) is 5.80. The lowest BCUT2D eigenvalue weighted by molar-refractivity contribution is -0.137. The molecule has 0 unspecified atom stereocenters. The number of benzene rings is 2. The van der Waals surface area contributed by atoms with Gasteiger partial charge in [-0.3, -0.25) is 9.36 Å². The summed E-state index contributed by atoms with van der Waals surface area (Å²) < 4.78 is 41.9. The van der Waals surface area contributed by atoms with Crippen LogP contribution in [0.5, 0.6) is 0 Å². The van der Waals surface area contributed by atoms with E-state index < -0.39 is 28.9 Å². The first-order valence-electron chi connectivity index (χ1n) is 10.8. The number of nitrogens with zero attached hydrogens (tertiary/aromatic N) is 3. The highest BCUT2D eigenvalue weighted by atomic mass is 35.5. The summed E-state index contributed by atoms with van der Waals surface area (Å²) in [4.78, 5) is 25.9. The lowest BCUT2D eigenvalue weighted by Gasteiger charge is -2.27. The molecule has 180 valence electrons. The molecular formula is C24H24ClF3N4O2. The van der Waals surface area contributed by atoms with E-state index in [0.717, 1.165) is 35.2 Å². The summed E-state index contributed by atoms with van der Waals surface area (Å²) in [5.41, 5.74) is -0.486. The molecule has 0 saturated heterocycles. The van der Waals surface area contributed by atoms with E-state index in [4.69, 9.17) is 11.6 Å². The van der Waals surface area contributed by atoms with Gasteiger partial charge in [0, 0.05) is 11.6 Å². The van der Waals surface area contributed by atoms with Crippen molar-refractivity contribution in [3.05, 3.63) is 74.7 Å². The number of aromatic nitrogens is 3. The largest absolute Gasteiger partial charge is 0.416 e. The van der Waals surface area contributed by atoms with Crippen LogP contribution in [0.3, 0.4) is 0 Å². The van der Waals surface area contributed by atoms with Gasteiger partial charge in [0.05, 0.1) is 16.1 Å². The molecule has 0 radical (unpaired) electrons. The van der Waals surface area contributed by atoms with Gasteiger partial charge >= 0.3 is 11.9 Å². The zero-order valence-corrected chi connectivity index (χ0v) is 19.7. The zero-order chi connectivity index (χ0) is 24.8. The van der Waals surface area contributed by atoms with Crippen molar-refractivity contribution in [2.24, 2.45) is 0 Å². The lowest BCUT2D eigenvalue weighted by atomic mass is 9.92. The average molecular weight is 493 g/mol. The Morgan fingerprint density at radius 2 is 1.82 bits per heavy atom. The molecule has 1 N–H and O–H groups in total. The van der Waals surface area contributed by atoms with E-state index in [9.17, 15) is 22.8 Å². The predicted molar refractivity (Wildman–Crippen MR) is 123 cm³/mol. The van der Waals surface area contributed by atoms with Crippen LogP contribution in [0.1, 0.15) is 49.4 Å². The van der Waals surface area contributed by atoms with E-state index in [0.29, 0.717) is 22.0 Å². The van der Waals surface area contributed by atoms with Crippen molar-refractivity contribution in [2.75, 3.05) is 0 Å². The fourth-order valence-electron chi connectivity index (χ4n) is 3.85. The molecule has 1 saturated carbocycles. The number of aryl methyl sites for hydroxylation is 1. The molecule has 0 atom stereocenters. The van der Waals surface area contributed by atoms with Crippen LogP contribution < -0.4 is 11.0 Å². The molecular weight excluding hydrogens is 469 g/mol. The van der Waals surface area contributed by atoms with Gasteiger partial charge in [0.1, 0.15) is 6.54 Å². The lowest BCUT2D eigenvalue weighted by Crippen LogP contribution is -2.44. The highest BCUT2D eigenvalue weighted by Crippen LogP contribution is 2.38. The maximum atomic E-state index is 13.1. The topological polar surface area (TPSA) is 68.9 Å². The fraction of sp³-hybridized carbons (Fsp3) is 0.375. The third kappa shape index (κ3) is 4.89. The second-order valence-electron chi connectivity index (χ2n) is 9.10. The molecule has 0 aliphatic heterocycles. The first kappa shape index (κ1) is 24.1. The van der Waals surface area contributed by atoms with Gasteiger partial charge in [-0.25, -0.2) is 9.48 Å². The maximum Gasteiger partial charge on any atom is 0.416 e. The Morgan fingerprint density at radius 1 is 1.15 bits per heavy atom. The summed E-state index contributed by atoms with van der Waals surface area (Å²) in [6, 6.07) is 10.2. The number of carbonyl (C=O) groups is 1. The number of amides is 1. The molecule has 0 bridgehead atoms. The van der Waals surface area contributed by atoms with E-state index in [2.05, 4.69) is 10.4 Å². The zero-order valence-electron chi connectivity index (χ0n) is 18.9. The van der Waals surface area contributed by atoms with Crippen molar-refractivity contribution in [3.8, 4) is 11.4 Å². The Balaban J connectivity index is 1.60. The monoisotopic (exact) mass is 492 g/mol. The second-order valence-corrected chi connectivity index (χ2v) is 9.51. The first-order chi connectivity index (χ1) is 15.9. The molecule has 1 aliphatic rings. The van der Waals surface area contributed by atoms with Crippen molar-refractivity contribution < 1.29 is 18.0 Å². The molecule has 3 aromatic rings. The quantitative estimate of drug-likeness (QED) is 0.522. The maximum absolute atomic E-state index is 13.1. The molecule has 0 spiro atoms. The van der Waals surface area contributed by atoms with Gasteiger partial charge in [-0.05, 0) is 69.0 Å². The van der Waals surface area contributed by atoms with Crippen LogP contribution in [-0.2, 0) is 23.1 Å². The van der Waals surface area contributed by atoms with Crippen molar-refractivity contribution in [3.63, 3.8) is 0 Å². The summed E-state index contributed by atoms with van der Waals surface area (Å²) in [5.74, 6) is -0.158. The molecule has 1 amide bonds. The average Bonchev–Trinajstić information content (AvgIpc) is 3.52. The van der Waals surface area contributed by atoms with Crippen LogP contribution in [0.25, 0.3) is 11.4 Å². The molecule has 2 aromatic carbocycles. The van der Waals surface area contributed by atoms with Crippen LogP contribution in [0, 0.1) is 6.92 Å². The summed E-state index contributed by atoms with van der Waals surface area (Å²) >= 11 is 6.40. The summed E-state index contributed by atoms with van der Waals surface area (Å²) in [7, 11) is 0. The number of hydrogen-bond donors (Lipinski definition) is 1. The van der Waals surface area contributed by atoms with Gasteiger partial charge in [-0.1, -0.05) is 29.8 Å². The highest BCUT2D eigenvalue weighted by molar-refractivity contribution is 6.33. The van der Waals surface area contributed by atoms with E-state index in [-0.39, 0.29) is 12.6 Å². The smallest absolute Gasteiger partial charge is 0.346 e. The van der Waals surface area contributed by atoms with Crippen molar-refractivity contribution in [1.82, 2.24) is 19.7 Å². The first-order valence-corrected chi connectivity index (χ1v) is 11.2. The molecule has 34 heavy (non-hydrogen) atoms. The van der Waals surface area contributed by atoms with Crippen LogP contribution >= 0.6 is 11.6 Å². The number of nitrogens with one attached hydrogen (secondary N) is 1. The normalized spacial score (nSPS) is 14.3. The standard InChI is InChI=1S/C24H24ClF3N4O2/c1-14-7-10-18(19(25)11-14)21-30-31(22(34)32(21)17-8-9-17)13-20(33)29-23(2,3)15-5-4-6-16(12-15)24(26,27)28/h4-7,10-12,17H,8-9,13H2,1-3H3,(H,29,33). The Labute approximate surface area is 199 Å². The molecule has 1 heterocycles. The molecule has 1 aliphatic carbocycles. The molecule has 10 heteroatoms. The van der Waals surface area contributed by atoms with Gasteiger partial charge < -0.3 is 5.32 Å². The summed E-state index contributed by atoms with van der Waals surface area (Å²) in [5, 5.41) is 7.56. The molecule has 6 nitrogen and oxygen atoms in total. The Hall–Kier alpha value is -3.07. The number of carbonyl (C=O) groups excluding carboxylic acids is 1. The predicted octanol–water partition coefficient (Wildman–Crippen LogP) is 5.08. The van der Waals surface area contributed by atoms with E-state index in [1.807, 2.05) is 13.0 Å². The van der Waals surface area contributed by atoms with Crippen LogP contribution in [0.4, 0.5) is 13.2 Å². The third-order valence-corrected chi connectivity index (χ3v) is 6.12.